The topological polar surface area (TPSA) is 56.7 Å². The number of thiazole rings is 1. The van der Waals surface area contributed by atoms with Gasteiger partial charge in [0.25, 0.3) is 0 Å². The molecule has 20 heavy (non-hydrogen) atoms. The van der Waals surface area contributed by atoms with Crippen LogP contribution in [0, 0.1) is 13.8 Å². The Kier molecular flexibility index (Phi) is 3.38. The summed E-state index contributed by atoms with van der Waals surface area (Å²) in [4.78, 5) is 4.57. The lowest BCUT2D eigenvalue weighted by Crippen LogP contribution is -1.98. The smallest absolute Gasteiger partial charge is 0.107 e. The van der Waals surface area contributed by atoms with Crippen LogP contribution >= 0.6 is 11.3 Å². The third-order valence-corrected chi connectivity index (χ3v) is 4.15. The minimum absolute atomic E-state index is 0.482. The fourth-order valence-corrected chi connectivity index (χ4v) is 3.02. The van der Waals surface area contributed by atoms with Crippen LogP contribution in [-0.2, 0) is 6.54 Å². The standard InChI is InChI=1S/C15H16N4S/c1-10-15(13-9-20-14(8-16)17-13)11(2)19(18-10)12-6-4-3-5-7-12/h3-7,9H,8,16H2,1-2H3. The predicted octanol–water partition coefficient (Wildman–Crippen LogP) is 3.07. The zero-order valence-corrected chi connectivity index (χ0v) is 12.3. The molecule has 0 amide bonds. The van der Waals surface area contributed by atoms with E-state index in [2.05, 4.69) is 34.5 Å². The monoisotopic (exact) mass is 284 g/mol. The average Bonchev–Trinajstić information content (AvgIpc) is 3.04. The van der Waals surface area contributed by atoms with Crippen LogP contribution in [0.3, 0.4) is 0 Å². The van der Waals surface area contributed by atoms with E-state index in [0.717, 1.165) is 33.3 Å². The van der Waals surface area contributed by atoms with Crippen LogP contribution < -0.4 is 5.73 Å². The number of aromatic nitrogens is 3. The first-order chi connectivity index (χ1) is 9.70. The van der Waals surface area contributed by atoms with Gasteiger partial charge in [-0.3, -0.25) is 0 Å². The molecule has 5 heteroatoms. The molecule has 2 N–H and O–H groups in total. The van der Waals surface area contributed by atoms with Crippen LogP contribution in [0.5, 0.6) is 0 Å². The number of hydrogen-bond acceptors (Lipinski definition) is 4. The third-order valence-electron chi connectivity index (χ3n) is 3.27. The molecule has 0 unspecified atom stereocenters. The van der Waals surface area contributed by atoms with Crippen molar-refractivity contribution in [1.82, 2.24) is 14.8 Å². The van der Waals surface area contributed by atoms with E-state index < -0.39 is 0 Å². The van der Waals surface area contributed by atoms with Crippen molar-refractivity contribution >= 4 is 11.3 Å². The molecule has 102 valence electrons. The van der Waals surface area contributed by atoms with Crippen molar-refractivity contribution in [3.63, 3.8) is 0 Å². The summed E-state index contributed by atoms with van der Waals surface area (Å²) in [5, 5.41) is 7.64. The minimum Gasteiger partial charge on any atom is -0.325 e. The molecule has 1 aromatic carbocycles. The highest BCUT2D eigenvalue weighted by Crippen LogP contribution is 2.29. The average molecular weight is 284 g/mol. The normalized spacial score (nSPS) is 10.9. The lowest BCUT2D eigenvalue weighted by Gasteiger charge is -2.04. The Hall–Kier alpha value is -1.98. The molecule has 0 bridgehead atoms. The lowest BCUT2D eigenvalue weighted by atomic mass is 10.1. The number of benzene rings is 1. The molecule has 0 spiro atoms. The molecule has 0 aliphatic heterocycles. The molecule has 4 nitrogen and oxygen atoms in total. The van der Waals surface area contributed by atoms with Crippen LogP contribution in [0.4, 0.5) is 0 Å². The van der Waals surface area contributed by atoms with Gasteiger partial charge in [0.2, 0.25) is 0 Å². The highest BCUT2D eigenvalue weighted by Gasteiger charge is 2.16. The van der Waals surface area contributed by atoms with E-state index in [0.29, 0.717) is 6.54 Å². The van der Waals surface area contributed by atoms with E-state index in [1.54, 1.807) is 11.3 Å². The van der Waals surface area contributed by atoms with Crippen LogP contribution in [0.15, 0.2) is 35.7 Å². The Bertz CT molecular complexity index is 728. The van der Waals surface area contributed by atoms with Crippen LogP contribution in [0.25, 0.3) is 16.9 Å². The highest BCUT2D eigenvalue weighted by atomic mass is 32.1. The Labute approximate surface area is 121 Å². The lowest BCUT2D eigenvalue weighted by molar-refractivity contribution is 0.834. The van der Waals surface area contributed by atoms with Crippen molar-refractivity contribution < 1.29 is 0 Å². The van der Waals surface area contributed by atoms with E-state index >= 15 is 0 Å². The van der Waals surface area contributed by atoms with E-state index in [-0.39, 0.29) is 0 Å². The Balaban J connectivity index is 2.12. The zero-order chi connectivity index (χ0) is 14.1. The molecule has 3 aromatic rings. The molecule has 2 aromatic heterocycles. The molecule has 0 saturated heterocycles. The molecule has 3 rings (SSSR count). The molecule has 0 saturated carbocycles. The summed E-state index contributed by atoms with van der Waals surface area (Å²) in [6, 6.07) is 10.1. The molecule has 0 radical (unpaired) electrons. The van der Waals surface area contributed by atoms with Gasteiger partial charge in [-0.1, -0.05) is 18.2 Å². The number of aryl methyl sites for hydroxylation is 1. The van der Waals surface area contributed by atoms with E-state index in [1.807, 2.05) is 29.8 Å². The first-order valence-corrected chi connectivity index (χ1v) is 7.35. The Morgan fingerprint density at radius 1 is 1.20 bits per heavy atom. The predicted molar refractivity (Wildman–Crippen MR) is 82.0 cm³/mol. The minimum atomic E-state index is 0.482. The number of nitrogens with two attached hydrogens (primary N) is 1. The molecule has 2 heterocycles. The summed E-state index contributed by atoms with van der Waals surface area (Å²) < 4.78 is 1.96. The van der Waals surface area contributed by atoms with Crippen LogP contribution in [0.1, 0.15) is 16.4 Å². The fraction of sp³-hybridized carbons (Fsp3) is 0.200. The number of rotatable bonds is 3. The highest BCUT2D eigenvalue weighted by molar-refractivity contribution is 7.09. The van der Waals surface area contributed by atoms with E-state index in [1.165, 1.54) is 0 Å². The van der Waals surface area contributed by atoms with Crippen LogP contribution in [-0.4, -0.2) is 14.8 Å². The number of nitrogens with zero attached hydrogens (tertiary/aromatic N) is 3. The summed E-state index contributed by atoms with van der Waals surface area (Å²) in [7, 11) is 0. The first kappa shape index (κ1) is 13.0. The van der Waals surface area contributed by atoms with E-state index in [9.17, 15) is 0 Å². The van der Waals surface area contributed by atoms with Gasteiger partial charge in [0.1, 0.15) is 5.01 Å². The van der Waals surface area contributed by atoms with Crippen LogP contribution in [0.2, 0.25) is 0 Å². The molecule has 0 aliphatic rings. The maximum absolute atomic E-state index is 5.64. The van der Waals surface area contributed by atoms with E-state index in [4.69, 9.17) is 5.73 Å². The second kappa shape index (κ2) is 5.19. The first-order valence-electron chi connectivity index (χ1n) is 6.47. The van der Waals surface area contributed by atoms with Crippen molar-refractivity contribution in [3.05, 3.63) is 52.1 Å². The molecular formula is C15H16N4S. The second-order valence-corrected chi connectivity index (χ2v) is 5.57. The molecule has 0 atom stereocenters. The zero-order valence-electron chi connectivity index (χ0n) is 11.5. The summed E-state index contributed by atoms with van der Waals surface area (Å²) in [6.07, 6.45) is 0. The second-order valence-electron chi connectivity index (χ2n) is 4.62. The van der Waals surface area contributed by atoms with Gasteiger partial charge >= 0.3 is 0 Å². The summed E-state index contributed by atoms with van der Waals surface area (Å²) in [5.74, 6) is 0. The van der Waals surface area contributed by atoms with Gasteiger partial charge < -0.3 is 5.73 Å². The maximum atomic E-state index is 5.64. The van der Waals surface area contributed by atoms with Gasteiger partial charge in [-0.05, 0) is 26.0 Å². The fourth-order valence-electron chi connectivity index (χ4n) is 2.35. The largest absolute Gasteiger partial charge is 0.325 e. The SMILES string of the molecule is Cc1nn(-c2ccccc2)c(C)c1-c1csc(CN)n1. The molecule has 0 aliphatic carbocycles. The van der Waals surface area contributed by atoms with Crippen molar-refractivity contribution in [3.8, 4) is 16.9 Å². The van der Waals surface area contributed by atoms with Gasteiger partial charge in [0, 0.05) is 17.5 Å². The third kappa shape index (κ3) is 2.15. The van der Waals surface area contributed by atoms with Gasteiger partial charge in [0.05, 0.1) is 22.8 Å². The molecular weight excluding hydrogens is 268 g/mol. The van der Waals surface area contributed by atoms with Crippen molar-refractivity contribution in [2.45, 2.75) is 20.4 Å². The Morgan fingerprint density at radius 2 is 1.95 bits per heavy atom. The summed E-state index contributed by atoms with van der Waals surface area (Å²) in [6.45, 7) is 4.57. The number of para-hydroxylation sites is 1. The van der Waals surface area contributed by atoms with Gasteiger partial charge in [-0.15, -0.1) is 11.3 Å². The van der Waals surface area contributed by atoms with Gasteiger partial charge in [-0.2, -0.15) is 5.10 Å². The quantitative estimate of drug-likeness (QED) is 0.804. The summed E-state index contributed by atoms with van der Waals surface area (Å²) >= 11 is 1.59. The Morgan fingerprint density at radius 3 is 2.60 bits per heavy atom. The number of hydrogen-bond donors (Lipinski definition) is 1. The van der Waals surface area contributed by atoms with Gasteiger partial charge in [-0.25, -0.2) is 9.67 Å². The summed E-state index contributed by atoms with van der Waals surface area (Å²) in [5.41, 5.74) is 10.9. The van der Waals surface area contributed by atoms with Crippen molar-refractivity contribution in [1.29, 1.82) is 0 Å². The molecule has 0 fully saturated rings. The maximum Gasteiger partial charge on any atom is 0.107 e. The van der Waals surface area contributed by atoms with Crippen molar-refractivity contribution in [2.24, 2.45) is 5.73 Å². The van der Waals surface area contributed by atoms with Crippen molar-refractivity contribution in [2.75, 3.05) is 0 Å². The van der Waals surface area contributed by atoms with Gasteiger partial charge in [0.15, 0.2) is 0 Å².